The Bertz CT molecular complexity index is 1060. The molecule has 0 radical (unpaired) electrons. The van der Waals surface area contributed by atoms with Gasteiger partial charge in [-0.25, -0.2) is 0 Å². The summed E-state index contributed by atoms with van der Waals surface area (Å²) in [6.45, 7) is 21.0. The largest absolute Gasteiger partial charge is 0.462 e. The quantitative estimate of drug-likeness (QED) is 0.288. The lowest BCUT2D eigenvalue weighted by molar-refractivity contribution is -0.250. The number of fused-ring (bicyclic) bond motifs is 7. The van der Waals surface area contributed by atoms with Gasteiger partial charge in [0.2, 0.25) is 0 Å². The number of carbonyl (C=O) groups excluding carboxylic acids is 3. The van der Waals surface area contributed by atoms with Gasteiger partial charge in [0, 0.05) is 30.1 Å². The third-order valence-corrected chi connectivity index (χ3v) is 15.1. The molecule has 10 atom stereocenters. The van der Waals surface area contributed by atoms with Crippen molar-refractivity contribution in [3.63, 3.8) is 0 Å². The lowest BCUT2D eigenvalue weighted by atomic mass is 9.32. The van der Waals surface area contributed by atoms with Gasteiger partial charge in [-0.05, 0) is 123 Å². The van der Waals surface area contributed by atoms with Gasteiger partial charge in [0.05, 0.1) is 0 Å². The van der Waals surface area contributed by atoms with Gasteiger partial charge in [-0.3, -0.25) is 9.59 Å². The number of carbonyl (C=O) groups is 3. The predicted octanol–water partition coefficient (Wildman–Crippen LogP) is 8.98. The first-order valence-electron chi connectivity index (χ1n) is 17.3. The zero-order chi connectivity index (χ0) is 30.2. The molecule has 0 aliphatic heterocycles. The number of hydrogen-bond acceptors (Lipinski definition) is 4. The first-order valence-corrected chi connectivity index (χ1v) is 17.3. The summed E-state index contributed by atoms with van der Waals surface area (Å²) in [6, 6.07) is 0. The van der Waals surface area contributed by atoms with Crippen molar-refractivity contribution in [1.29, 1.82) is 0 Å². The molecule has 4 heteroatoms. The van der Waals surface area contributed by atoms with Crippen molar-refractivity contribution in [3.05, 3.63) is 0 Å². The van der Waals surface area contributed by atoms with Crippen molar-refractivity contribution in [2.24, 2.45) is 62.6 Å². The van der Waals surface area contributed by atoms with Crippen LogP contribution in [0.5, 0.6) is 0 Å². The Kier molecular flexibility index (Phi) is 7.97. The van der Waals surface area contributed by atoms with Crippen LogP contribution in [0.3, 0.4) is 0 Å². The molecule has 0 heterocycles. The monoisotopic (exact) mass is 568 g/mol. The molecule has 0 spiro atoms. The molecule has 0 bridgehead atoms. The highest BCUT2D eigenvalue weighted by Crippen LogP contribution is 2.77. The average Bonchev–Trinajstić information content (AvgIpc) is 3.30. The Labute approximate surface area is 250 Å². The Balaban J connectivity index is 1.48. The Morgan fingerprint density at radius 1 is 0.780 bits per heavy atom. The second kappa shape index (κ2) is 10.5. The van der Waals surface area contributed by atoms with Crippen LogP contribution in [0.15, 0.2) is 0 Å². The molecule has 0 aromatic rings. The van der Waals surface area contributed by atoms with Gasteiger partial charge in [-0.2, -0.15) is 0 Å². The van der Waals surface area contributed by atoms with Gasteiger partial charge in [-0.1, -0.05) is 55.4 Å². The highest BCUT2D eigenvalue weighted by Gasteiger charge is 2.71. The highest BCUT2D eigenvalue weighted by molar-refractivity contribution is 5.89. The molecule has 0 N–H and O–H groups in total. The summed E-state index contributed by atoms with van der Waals surface area (Å²) in [7, 11) is 0. The number of esters is 1. The molecule has 5 aliphatic carbocycles. The number of ether oxygens (including phenoxy) is 1. The summed E-state index contributed by atoms with van der Waals surface area (Å²) in [5.41, 5.74) is 0.506. The number of hydrogen-bond donors (Lipinski definition) is 0. The molecule has 5 aliphatic rings. The second-order valence-corrected chi connectivity index (χ2v) is 17.1. The number of ketones is 2. The summed E-state index contributed by atoms with van der Waals surface area (Å²) in [5.74, 6) is 3.96. The molecule has 5 fully saturated rings. The third kappa shape index (κ3) is 4.44. The molecule has 232 valence electrons. The van der Waals surface area contributed by atoms with E-state index in [0.29, 0.717) is 60.6 Å². The molecule has 41 heavy (non-hydrogen) atoms. The van der Waals surface area contributed by atoms with Crippen molar-refractivity contribution in [2.45, 2.75) is 152 Å². The fourth-order valence-corrected chi connectivity index (χ4v) is 12.8. The second-order valence-electron chi connectivity index (χ2n) is 17.1. The van der Waals surface area contributed by atoms with Crippen molar-refractivity contribution in [1.82, 2.24) is 0 Å². The molecule has 0 saturated heterocycles. The van der Waals surface area contributed by atoms with E-state index in [-0.39, 0.29) is 44.9 Å². The predicted molar refractivity (Wildman–Crippen MR) is 164 cm³/mol. The minimum Gasteiger partial charge on any atom is -0.462 e. The van der Waals surface area contributed by atoms with E-state index >= 15 is 0 Å². The van der Waals surface area contributed by atoms with Crippen LogP contribution in [-0.4, -0.2) is 23.6 Å². The van der Waals surface area contributed by atoms with Crippen molar-refractivity contribution in [3.8, 4) is 0 Å². The maximum absolute atomic E-state index is 14.1. The first-order chi connectivity index (χ1) is 19.1. The van der Waals surface area contributed by atoms with Gasteiger partial charge < -0.3 is 9.53 Å². The fourth-order valence-electron chi connectivity index (χ4n) is 12.8. The Morgan fingerprint density at radius 3 is 2.12 bits per heavy atom. The minimum atomic E-state index is -0.206. The Hall–Kier alpha value is -1.19. The van der Waals surface area contributed by atoms with Gasteiger partial charge in [0.25, 0.3) is 0 Å². The lowest BCUT2D eigenvalue weighted by Crippen LogP contribution is -2.67. The van der Waals surface area contributed by atoms with E-state index in [0.717, 1.165) is 32.1 Å². The maximum Gasteiger partial charge on any atom is 0.305 e. The molecule has 5 rings (SSSR count). The minimum absolute atomic E-state index is 0.0179. The van der Waals surface area contributed by atoms with Crippen LogP contribution in [0, 0.1) is 62.6 Å². The van der Waals surface area contributed by atoms with Gasteiger partial charge in [-0.15, -0.1) is 0 Å². The van der Waals surface area contributed by atoms with Crippen LogP contribution in [-0.2, 0) is 19.1 Å². The zero-order valence-electron chi connectivity index (χ0n) is 27.9. The van der Waals surface area contributed by atoms with Crippen LogP contribution in [0.2, 0.25) is 0 Å². The molecule has 0 aromatic heterocycles. The van der Waals surface area contributed by atoms with Crippen LogP contribution < -0.4 is 0 Å². The van der Waals surface area contributed by atoms with Gasteiger partial charge in [0.1, 0.15) is 17.7 Å². The number of rotatable bonds is 7. The molecule has 5 saturated carbocycles. The summed E-state index contributed by atoms with van der Waals surface area (Å²) in [4.78, 5) is 38.3. The number of Topliss-reactive ketones (excluding diaryl/α,β-unsaturated/α-hetero) is 2. The first kappa shape index (κ1) is 31.2. The SMILES string of the molecule is CCC(=O)O[C@@H]1CC[C@@]2(C)C(CC[C@]3(C)C2CCC2C4C(C(C)C)CC[C@]4(C(=O)CCC(C)=O)CC[C@]23C)C1(C)C. The van der Waals surface area contributed by atoms with E-state index in [9.17, 15) is 14.4 Å². The van der Waals surface area contributed by atoms with E-state index in [1.807, 2.05) is 6.92 Å². The molecular formula is C37H60O4. The molecule has 0 amide bonds. The lowest BCUT2D eigenvalue weighted by Gasteiger charge is -2.73. The van der Waals surface area contributed by atoms with Crippen molar-refractivity contribution >= 4 is 17.5 Å². The molecule has 0 aromatic carbocycles. The van der Waals surface area contributed by atoms with Crippen LogP contribution in [0.1, 0.15) is 146 Å². The van der Waals surface area contributed by atoms with E-state index in [1.165, 1.54) is 32.1 Å². The third-order valence-electron chi connectivity index (χ3n) is 15.1. The van der Waals surface area contributed by atoms with E-state index < -0.39 is 0 Å². The maximum atomic E-state index is 14.1. The van der Waals surface area contributed by atoms with Crippen LogP contribution in [0.25, 0.3) is 0 Å². The highest BCUT2D eigenvalue weighted by atomic mass is 16.5. The Morgan fingerprint density at radius 2 is 1.49 bits per heavy atom. The van der Waals surface area contributed by atoms with E-state index in [4.69, 9.17) is 4.74 Å². The van der Waals surface area contributed by atoms with E-state index in [2.05, 4.69) is 48.5 Å². The van der Waals surface area contributed by atoms with Gasteiger partial charge >= 0.3 is 5.97 Å². The summed E-state index contributed by atoms with van der Waals surface area (Å²) in [5, 5.41) is 0. The normalized spacial score (nSPS) is 46.6. The van der Waals surface area contributed by atoms with Gasteiger partial charge in [0.15, 0.2) is 0 Å². The topological polar surface area (TPSA) is 60.4 Å². The summed E-state index contributed by atoms with van der Waals surface area (Å²) < 4.78 is 6.07. The van der Waals surface area contributed by atoms with E-state index in [1.54, 1.807) is 6.92 Å². The molecule has 5 unspecified atom stereocenters. The van der Waals surface area contributed by atoms with Crippen LogP contribution in [0.4, 0.5) is 0 Å². The summed E-state index contributed by atoms with van der Waals surface area (Å²) >= 11 is 0. The van der Waals surface area contributed by atoms with Crippen LogP contribution >= 0.6 is 0 Å². The standard InChI is InChI=1S/C37H60O4/c1-10-31(40)41-30-17-18-34(7)27(33(30,5)6)16-19-36(9)28(34)13-12-26-32-25(23(2)3)15-20-37(32,22-21-35(26,36)8)29(39)14-11-24(4)38/h23,25-28,30,32H,10-22H2,1-9H3/t25?,26?,27?,28?,30-,32?,34+,35-,36-,37-/m1/s1. The zero-order valence-corrected chi connectivity index (χ0v) is 27.9. The average molecular weight is 569 g/mol. The van der Waals surface area contributed by atoms with Crippen molar-refractivity contribution in [2.75, 3.05) is 0 Å². The van der Waals surface area contributed by atoms with Crippen molar-refractivity contribution < 1.29 is 19.1 Å². The summed E-state index contributed by atoms with van der Waals surface area (Å²) in [6.07, 6.45) is 12.8. The fraction of sp³-hybridized carbons (Fsp3) is 0.919. The molecular weight excluding hydrogens is 508 g/mol. The smallest absolute Gasteiger partial charge is 0.305 e. The molecule has 4 nitrogen and oxygen atoms in total.